The Labute approximate surface area is 106 Å². The van der Waals surface area contributed by atoms with Gasteiger partial charge in [-0.1, -0.05) is 6.92 Å². The van der Waals surface area contributed by atoms with E-state index in [9.17, 15) is 16.8 Å². The van der Waals surface area contributed by atoms with E-state index in [1.165, 1.54) is 31.2 Å². The average Bonchev–Trinajstić information content (AvgIpc) is 2.36. The maximum Gasteiger partial charge on any atom is 0.241 e. The molecular formula is C10H12N2O4S2. The molecule has 0 atom stereocenters. The van der Waals surface area contributed by atoms with Gasteiger partial charge in [0, 0.05) is 0 Å². The van der Waals surface area contributed by atoms with E-state index in [0.717, 1.165) is 0 Å². The smallest absolute Gasteiger partial charge is 0.224 e. The van der Waals surface area contributed by atoms with Gasteiger partial charge in [0.2, 0.25) is 10.0 Å². The molecule has 6 nitrogen and oxygen atoms in total. The van der Waals surface area contributed by atoms with Crippen LogP contribution in [0.3, 0.4) is 0 Å². The van der Waals surface area contributed by atoms with Gasteiger partial charge in [0.1, 0.15) is 0 Å². The summed E-state index contributed by atoms with van der Waals surface area (Å²) in [5.74, 6) is -0.0498. The third kappa shape index (κ3) is 3.29. The van der Waals surface area contributed by atoms with Gasteiger partial charge in [-0.15, -0.1) is 0 Å². The summed E-state index contributed by atoms with van der Waals surface area (Å²) in [6.45, 7) is 1.17. The zero-order chi connectivity index (χ0) is 13.8. The zero-order valence-electron chi connectivity index (χ0n) is 9.62. The highest BCUT2D eigenvalue weighted by Crippen LogP contribution is 2.15. The first kappa shape index (κ1) is 14.6. The summed E-state index contributed by atoms with van der Waals surface area (Å²) in [6.07, 6.45) is 0. The van der Waals surface area contributed by atoms with Gasteiger partial charge >= 0.3 is 0 Å². The van der Waals surface area contributed by atoms with Crippen LogP contribution in [0.2, 0.25) is 0 Å². The fourth-order valence-corrected chi connectivity index (χ4v) is 3.00. The molecule has 1 rings (SSSR count). The second kappa shape index (κ2) is 5.48. The standard InChI is InChI=1S/C10H12N2O4S2/c1-2-17(13,14)9-3-5-10(6-4-9)18(15,16)12-8-7-11/h3-6,12H,2,8H2,1H3. The van der Waals surface area contributed by atoms with Crippen molar-refractivity contribution in [3.63, 3.8) is 0 Å². The van der Waals surface area contributed by atoms with Crippen molar-refractivity contribution in [1.82, 2.24) is 4.72 Å². The SMILES string of the molecule is CCS(=O)(=O)c1ccc(S(=O)(=O)NCC#N)cc1. The maximum atomic E-state index is 11.6. The van der Waals surface area contributed by atoms with Crippen molar-refractivity contribution >= 4 is 19.9 Å². The van der Waals surface area contributed by atoms with Crippen LogP contribution in [-0.2, 0) is 19.9 Å². The molecule has 8 heteroatoms. The van der Waals surface area contributed by atoms with Gasteiger partial charge in [-0.05, 0) is 24.3 Å². The monoisotopic (exact) mass is 288 g/mol. The maximum absolute atomic E-state index is 11.6. The normalized spacial score (nSPS) is 12.0. The summed E-state index contributed by atoms with van der Waals surface area (Å²) in [6, 6.07) is 6.52. The Bertz CT molecular complexity index is 655. The Morgan fingerprint density at radius 3 is 2.06 bits per heavy atom. The van der Waals surface area contributed by atoms with E-state index < -0.39 is 19.9 Å². The molecule has 0 radical (unpaired) electrons. The molecule has 0 bridgehead atoms. The van der Waals surface area contributed by atoms with E-state index in [-0.39, 0.29) is 22.1 Å². The Balaban J connectivity index is 3.08. The van der Waals surface area contributed by atoms with Crippen LogP contribution in [0.25, 0.3) is 0 Å². The third-order valence-corrected chi connectivity index (χ3v) is 5.38. The molecule has 0 unspecified atom stereocenters. The van der Waals surface area contributed by atoms with Gasteiger partial charge in [0.25, 0.3) is 0 Å². The van der Waals surface area contributed by atoms with Gasteiger partial charge in [-0.2, -0.15) is 9.98 Å². The van der Waals surface area contributed by atoms with Crippen LogP contribution in [0.5, 0.6) is 0 Å². The second-order valence-corrected chi connectivity index (χ2v) is 7.40. The summed E-state index contributed by atoms with van der Waals surface area (Å²) in [4.78, 5) is -0.00274. The van der Waals surface area contributed by atoms with Gasteiger partial charge < -0.3 is 0 Å². The van der Waals surface area contributed by atoms with Crippen LogP contribution in [0.15, 0.2) is 34.1 Å². The van der Waals surface area contributed by atoms with Crippen molar-refractivity contribution in [2.45, 2.75) is 16.7 Å². The average molecular weight is 288 g/mol. The number of benzene rings is 1. The zero-order valence-corrected chi connectivity index (χ0v) is 11.3. The van der Waals surface area contributed by atoms with E-state index in [1.54, 1.807) is 6.07 Å². The predicted molar refractivity (Wildman–Crippen MR) is 65.0 cm³/mol. The molecule has 1 aromatic carbocycles. The van der Waals surface area contributed by atoms with E-state index in [1.807, 2.05) is 0 Å². The van der Waals surface area contributed by atoms with Crippen molar-refractivity contribution in [1.29, 1.82) is 5.26 Å². The fraction of sp³-hybridized carbons (Fsp3) is 0.300. The number of sulfone groups is 1. The minimum absolute atomic E-state index is 0.0498. The molecule has 0 aliphatic rings. The minimum atomic E-state index is -3.76. The van der Waals surface area contributed by atoms with Crippen LogP contribution in [-0.4, -0.2) is 29.1 Å². The van der Waals surface area contributed by atoms with Crippen molar-refractivity contribution in [2.75, 3.05) is 12.3 Å². The Morgan fingerprint density at radius 1 is 1.11 bits per heavy atom. The summed E-state index contributed by atoms with van der Waals surface area (Å²) in [5, 5.41) is 8.30. The lowest BCUT2D eigenvalue weighted by molar-refractivity contribution is 0.584. The van der Waals surface area contributed by atoms with Crippen molar-refractivity contribution in [3.05, 3.63) is 24.3 Å². The van der Waals surface area contributed by atoms with E-state index in [4.69, 9.17) is 5.26 Å². The molecule has 0 aromatic heterocycles. The quantitative estimate of drug-likeness (QED) is 0.784. The molecule has 98 valence electrons. The predicted octanol–water partition coefficient (Wildman–Crippen LogP) is 0.282. The molecule has 18 heavy (non-hydrogen) atoms. The lowest BCUT2D eigenvalue weighted by atomic mass is 10.4. The molecular weight excluding hydrogens is 276 g/mol. The van der Waals surface area contributed by atoms with Crippen molar-refractivity contribution < 1.29 is 16.8 Å². The summed E-state index contributed by atoms with van der Waals surface area (Å²) in [5.41, 5.74) is 0. The largest absolute Gasteiger partial charge is 0.241 e. The summed E-state index contributed by atoms with van der Waals surface area (Å²) in [7, 11) is -7.10. The molecule has 0 aliphatic carbocycles. The highest BCUT2D eigenvalue weighted by Gasteiger charge is 2.16. The van der Waals surface area contributed by atoms with Gasteiger partial charge in [-0.25, -0.2) is 16.8 Å². The number of hydrogen-bond donors (Lipinski definition) is 1. The molecule has 0 saturated carbocycles. The van der Waals surface area contributed by atoms with Gasteiger partial charge in [0.05, 0.1) is 28.2 Å². The Morgan fingerprint density at radius 2 is 1.61 bits per heavy atom. The highest BCUT2D eigenvalue weighted by atomic mass is 32.2. The summed E-state index contributed by atoms with van der Waals surface area (Å²) < 4.78 is 48.3. The van der Waals surface area contributed by atoms with Crippen LogP contribution in [0, 0.1) is 11.3 Å². The molecule has 0 heterocycles. The van der Waals surface area contributed by atoms with Crippen LogP contribution >= 0.6 is 0 Å². The Hall–Kier alpha value is -1.43. The molecule has 0 aliphatic heterocycles. The molecule has 0 fully saturated rings. The second-order valence-electron chi connectivity index (χ2n) is 3.36. The summed E-state index contributed by atoms with van der Waals surface area (Å²) >= 11 is 0. The first-order valence-corrected chi connectivity index (χ1v) is 8.16. The van der Waals surface area contributed by atoms with Gasteiger partial charge in [0.15, 0.2) is 9.84 Å². The van der Waals surface area contributed by atoms with Crippen LogP contribution < -0.4 is 4.72 Å². The highest BCUT2D eigenvalue weighted by molar-refractivity contribution is 7.91. The number of nitrogens with one attached hydrogen (secondary N) is 1. The molecule has 0 saturated heterocycles. The van der Waals surface area contributed by atoms with Crippen molar-refractivity contribution in [3.8, 4) is 6.07 Å². The molecule has 1 N–H and O–H groups in total. The number of nitriles is 1. The molecule has 1 aromatic rings. The first-order chi connectivity index (χ1) is 8.33. The van der Waals surface area contributed by atoms with E-state index in [2.05, 4.69) is 4.72 Å². The number of rotatable bonds is 5. The number of hydrogen-bond acceptors (Lipinski definition) is 5. The van der Waals surface area contributed by atoms with E-state index >= 15 is 0 Å². The fourth-order valence-electron chi connectivity index (χ4n) is 1.20. The van der Waals surface area contributed by atoms with Crippen LogP contribution in [0.4, 0.5) is 0 Å². The molecule has 0 spiro atoms. The van der Waals surface area contributed by atoms with Gasteiger partial charge in [-0.3, -0.25) is 0 Å². The minimum Gasteiger partial charge on any atom is -0.224 e. The van der Waals surface area contributed by atoms with E-state index in [0.29, 0.717) is 0 Å². The topological polar surface area (TPSA) is 104 Å². The number of nitrogens with zero attached hydrogens (tertiary/aromatic N) is 1. The van der Waals surface area contributed by atoms with Crippen LogP contribution in [0.1, 0.15) is 6.92 Å². The Kier molecular flexibility index (Phi) is 4.45. The third-order valence-electron chi connectivity index (χ3n) is 2.21. The lowest BCUT2D eigenvalue weighted by Gasteiger charge is -2.05. The lowest BCUT2D eigenvalue weighted by Crippen LogP contribution is -2.23. The first-order valence-electron chi connectivity index (χ1n) is 5.03. The van der Waals surface area contributed by atoms with Crippen molar-refractivity contribution in [2.24, 2.45) is 0 Å². The number of sulfonamides is 1. The molecule has 0 amide bonds.